The second kappa shape index (κ2) is 3.33. The molecule has 1 atom stereocenters. The Labute approximate surface area is 82.5 Å². The maximum atomic E-state index is 10.8. The van der Waals surface area contributed by atoms with Crippen LogP contribution in [-0.2, 0) is 17.6 Å². The predicted octanol–water partition coefficient (Wildman–Crippen LogP) is 1.46. The van der Waals surface area contributed by atoms with E-state index in [-0.39, 0.29) is 5.92 Å². The lowest BCUT2D eigenvalue weighted by Crippen LogP contribution is -2.22. The number of carboxylic acids is 1. The van der Waals surface area contributed by atoms with Gasteiger partial charge in [0.2, 0.25) is 0 Å². The second-order valence-electron chi connectivity index (χ2n) is 3.81. The van der Waals surface area contributed by atoms with Gasteiger partial charge in [0.1, 0.15) is 0 Å². The lowest BCUT2D eigenvalue weighted by atomic mass is 9.84. The van der Waals surface area contributed by atoms with Crippen LogP contribution in [0.1, 0.15) is 17.5 Å². The topological polar surface area (TPSA) is 63.3 Å². The number of carbonyl (C=O) groups is 1. The van der Waals surface area contributed by atoms with E-state index in [0.29, 0.717) is 6.42 Å². The van der Waals surface area contributed by atoms with Crippen molar-refractivity contribution in [3.05, 3.63) is 29.3 Å². The summed E-state index contributed by atoms with van der Waals surface area (Å²) in [5, 5.41) is 8.90. The summed E-state index contributed by atoms with van der Waals surface area (Å²) in [7, 11) is 0. The third-order valence-electron chi connectivity index (χ3n) is 2.81. The van der Waals surface area contributed by atoms with Crippen molar-refractivity contribution < 1.29 is 9.90 Å². The first kappa shape index (κ1) is 9.06. The molecule has 74 valence electrons. The zero-order valence-corrected chi connectivity index (χ0v) is 7.86. The van der Waals surface area contributed by atoms with Crippen LogP contribution in [-0.4, -0.2) is 11.1 Å². The summed E-state index contributed by atoms with van der Waals surface area (Å²) < 4.78 is 0. The van der Waals surface area contributed by atoms with Crippen LogP contribution in [0.4, 0.5) is 5.69 Å². The molecule has 0 fully saturated rings. The van der Waals surface area contributed by atoms with Crippen LogP contribution in [0.25, 0.3) is 0 Å². The highest BCUT2D eigenvalue weighted by molar-refractivity contribution is 5.71. The molecule has 0 spiro atoms. The molecule has 3 N–H and O–H groups in total. The first-order chi connectivity index (χ1) is 6.66. The molecule has 0 aliphatic heterocycles. The fourth-order valence-electron chi connectivity index (χ4n) is 1.99. The summed E-state index contributed by atoms with van der Waals surface area (Å²) in [6.07, 6.45) is 2.22. The van der Waals surface area contributed by atoms with Crippen LogP contribution in [0.15, 0.2) is 18.2 Å². The van der Waals surface area contributed by atoms with E-state index in [1.807, 2.05) is 18.2 Å². The highest BCUT2D eigenvalue weighted by atomic mass is 16.4. The minimum Gasteiger partial charge on any atom is -0.481 e. The third kappa shape index (κ3) is 1.58. The van der Waals surface area contributed by atoms with Gasteiger partial charge in [-0.05, 0) is 42.5 Å². The van der Waals surface area contributed by atoms with Crippen LogP contribution < -0.4 is 5.73 Å². The normalized spacial score (nSPS) is 20.1. The Balaban J connectivity index is 2.29. The second-order valence-corrected chi connectivity index (χ2v) is 3.81. The average Bonchev–Trinajstić information content (AvgIpc) is 2.16. The monoisotopic (exact) mass is 191 g/mol. The zero-order valence-electron chi connectivity index (χ0n) is 7.86. The number of carboxylic acid groups (broad SMARTS) is 1. The molecular weight excluding hydrogens is 178 g/mol. The van der Waals surface area contributed by atoms with Crippen molar-refractivity contribution in [1.82, 2.24) is 0 Å². The minimum atomic E-state index is -0.696. The Bertz CT molecular complexity index is 374. The number of hydrogen-bond donors (Lipinski definition) is 2. The van der Waals surface area contributed by atoms with E-state index in [4.69, 9.17) is 10.8 Å². The maximum Gasteiger partial charge on any atom is 0.306 e. The summed E-state index contributed by atoms with van der Waals surface area (Å²) in [5.41, 5.74) is 8.72. The van der Waals surface area contributed by atoms with E-state index in [2.05, 4.69) is 0 Å². The average molecular weight is 191 g/mol. The first-order valence-electron chi connectivity index (χ1n) is 4.77. The summed E-state index contributed by atoms with van der Waals surface area (Å²) >= 11 is 0. The number of nitrogens with two attached hydrogens (primary N) is 1. The van der Waals surface area contributed by atoms with Crippen molar-refractivity contribution in [2.45, 2.75) is 19.3 Å². The van der Waals surface area contributed by atoms with Gasteiger partial charge < -0.3 is 10.8 Å². The molecule has 1 aromatic rings. The Morgan fingerprint density at radius 1 is 1.43 bits per heavy atom. The van der Waals surface area contributed by atoms with Gasteiger partial charge in [0.25, 0.3) is 0 Å². The predicted molar refractivity (Wildman–Crippen MR) is 54.0 cm³/mol. The first-order valence-corrected chi connectivity index (χ1v) is 4.77. The van der Waals surface area contributed by atoms with Gasteiger partial charge in [0.15, 0.2) is 0 Å². The Kier molecular flexibility index (Phi) is 2.15. The van der Waals surface area contributed by atoms with Crippen molar-refractivity contribution >= 4 is 11.7 Å². The number of rotatable bonds is 1. The van der Waals surface area contributed by atoms with Gasteiger partial charge in [0.05, 0.1) is 5.92 Å². The number of hydrogen-bond acceptors (Lipinski definition) is 2. The molecule has 14 heavy (non-hydrogen) atoms. The SMILES string of the molecule is Nc1ccc2c(c1)C[C@@H](C(=O)O)CC2. The van der Waals surface area contributed by atoms with Crippen molar-refractivity contribution in [3.63, 3.8) is 0 Å². The molecule has 0 heterocycles. The van der Waals surface area contributed by atoms with Gasteiger partial charge in [-0.1, -0.05) is 6.07 Å². The van der Waals surface area contributed by atoms with Gasteiger partial charge >= 0.3 is 5.97 Å². The van der Waals surface area contributed by atoms with Crippen LogP contribution in [0.2, 0.25) is 0 Å². The van der Waals surface area contributed by atoms with Crippen molar-refractivity contribution in [1.29, 1.82) is 0 Å². The van der Waals surface area contributed by atoms with Crippen LogP contribution in [0.3, 0.4) is 0 Å². The number of benzene rings is 1. The van der Waals surface area contributed by atoms with E-state index in [1.165, 1.54) is 5.56 Å². The Hall–Kier alpha value is -1.51. The smallest absolute Gasteiger partial charge is 0.306 e. The molecule has 0 saturated heterocycles. The van der Waals surface area contributed by atoms with Gasteiger partial charge in [-0.25, -0.2) is 0 Å². The standard InChI is InChI=1S/C11H13NO2/c12-10-4-3-7-1-2-8(11(13)14)5-9(7)6-10/h3-4,6,8H,1-2,5,12H2,(H,13,14)/t8-/m0/s1. The third-order valence-corrected chi connectivity index (χ3v) is 2.81. The Morgan fingerprint density at radius 2 is 2.21 bits per heavy atom. The largest absolute Gasteiger partial charge is 0.481 e. The number of aliphatic carboxylic acids is 1. The maximum absolute atomic E-state index is 10.8. The quantitative estimate of drug-likeness (QED) is 0.660. The van der Waals surface area contributed by atoms with E-state index in [0.717, 1.165) is 24.1 Å². The van der Waals surface area contributed by atoms with Crippen LogP contribution in [0.5, 0.6) is 0 Å². The van der Waals surface area contributed by atoms with E-state index in [1.54, 1.807) is 0 Å². The highest BCUT2D eigenvalue weighted by Crippen LogP contribution is 2.27. The summed E-state index contributed by atoms with van der Waals surface area (Å²) in [6, 6.07) is 5.77. The Morgan fingerprint density at radius 3 is 2.93 bits per heavy atom. The number of nitrogen functional groups attached to an aromatic ring is 1. The molecule has 0 bridgehead atoms. The van der Waals surface area contributed by atoms with E-state index >= 15 is 0 Å². The summed E-state index contributed by atoms with van der Waals surface area (Å²) in [4.78, 5) is 10.8. The van der Waals surface area contributed by atoms with Crippen LogP contribution >= 0.6 is 0 Å². The molecule has 0 amide bonds. The summed E-state index contributed by atoms with van der Waals surface area (Å²) in [6.45, 7) is 0. The molecule has 0 radical (unpaired) electrons. The van der Waals surface area contributed by atoms with Gasteiger partial charge in [-0.2, -0.15) is 0 Å². The van der Waals surface area contributed by atoms with Gasteiger partial charge in [-0.15, -0.1) is 0 Å². The fraction of sp³-hybridized carbons (Fsp3) is 0.364. The van der Waals surface area contributed by atoms with Gasteiger partial charge in [0, 0.05) is 5.69 Å². The zero-order chi connectivity index (χ0) is 10.1. The lowest BCUT2D eigenvalue weighted by Gasteiger charge is -2.21. The molecule has 1 aliphatic rings. The van der Waals surface area contributed by atoms with Crippen molar-refractivity contribution in [2.75, 3.05) is 5.73 Å². The fourth-order valence-corrected chi connectivity index (χ4v) is 1.99. The number of aryl methyl sites for hydroxylation is 1. The molecule has 0 aromatic heterocycles. The molecule has 3 nitrogen and oxygen atoms in total. The molecular formula is C11H13NO2. The van der Waals surface area contributed by atoms with Crippen molar-refractivity contribution in [2.24, 2.45) is 5.92 Å². The molecule has 2 rings (SSSR count). The lowest BCUT2D eigenvalue weighted by molar-refractivity contribution is -0.142. The van der Waals surface area contributed by atoms with E-state index in [9.17, 15) is 4.79 Å². The number of fused-ring (bicyclic) bond motifs is 1. The van der Waals surface area contributed by atoms with Crippen molar-refractivity contribution in [3.8, 4) is 0 Å². The molecule has 3 heteroatoms. The number of anilines is 1. The molecule has 0 saturated carbocycles. The molecule has 1 aliphatic carbocycles. The minimum absolute atomic E-state index is 0.232. The van der Waals surface area contributed by atoms with Crippen LogP contribution in [0, 0.1) is 5.92 Å². The molecule has 0 unspecified atom stereocenters. The summed E-state index contributed by atoms with van der Waals surface area (Å²) in [5.74, 6) is -0.928. The highest BCUT2D eigenvalue weighted by Gasteiger charge is 2.23. The van der Waals surface area contributed by atoms with E-state index < -0.39 is 5.97 Å². The molecule has 1 aromatic carbocycles. The van der Waals surface area contributed by atoms with Gasteiger partial charge in [-0.3, -0.25) is 4.79 Å².